The van der Waals surface area contributed by atoms with Gasteiger partial charge in [0.05, 0.1) is 0 Å². The number of hydrogen-bond donors (Lipinski definition) is 1. The van der Waals surface area contributed by atoms with Crippen LogP contribution in [0.5, 0.6) is 0 Å². The van der Waals surface area contributed by atoms with E-state index in [1.807, 2.05) is 0 Å². The van der Waals surface area contributed by atoms with Crippen LogP contribution >= 0.6 is 0 Å². The van der Waals surface area contributed by atoms with Crippen LogP contribution in [0.2, 0.25) is 0 Å². The Morgan fingerprint density at radius 2 is 2.00 bits per heavy atom. The smallest absolute Gasteiger partial charge is 0.0103 e. The van der Waals surface area contributed by atoms with Crippen LogP contribution in [0.1, 0.15) is 39.5 Å². The first-order valence-electron chi connectivity index (χ1n) is 5.67. The topological polar surface area (TPSA) is 29.3 Å². The van der Waals surface area contributed by atoms with E-state index < -0.39 is 0 Å². The third-order valence-corrected chi connectivity index (χ3v) is 4.26. The van der Waals surface area contributed by atoms with Gasteiger partial charge in [0.2, 0.25) is 0 Å². The van der Waals surface area contributed by atoms with E-state index in [4.69, 9.17) is 5.73 Å². The minimum atomic E-state index is 0.534. The Morgan fingerprint density at radius 1 is 1.46 bits per heavy atom. The molecular weight excluding hydrogens is 160 g/mol. The summed E-state index contributed by atoms with van der Waals surface area (Å²) in [5.41, 5.74) is 6.55. The first-order valence-corrected chi connectivity index (χ1v) is 5.67. The number of nitrogens with two attached hydrogens (primary N) is 1. The molecule has 2 N–H and O–H groups in total. The number of piperidine rings is 1. The van der Waals surface area contributed by atoms with Crippen molar-refractivity contribution in [3.63, 3.8) is 0 Å². The van der Waals surface area contributed by atoms with Gasteiger partial charge in [0.15, 0.2) is 0 Å². The molecule has 1 heterocycles. The highest BCUT2D eigenvalue weighted by Crippen LogP contribution is 2.52. The molecule has 76 valence electrons. The van der Waals surface area contributed by atoms with Crippen molar-refractivity contribution in [1.82, 2.24) is 4.90 Å². The minimum absolute atomic E-state index is 0.534. The molecule has 0 radical (unpaired) electrons. The minimum Gasteiger partial charge on any atom is -0.327 e. The second-order valence-electron chi connectivity index (χ2n) is 4.97. The van der Waals surface area contributed by atoms with E-state index in [0.717, 1.165) is 6.04 Å². The molecule has 0 aromatic carbocycles. The fraction of sp³-hybridized carbons (Fsp3) is 1.00. The van der Waals surface area contributed by atoms with E-state index in [2.05, 4.69) is 18.7 Å². The third kappa shape index (κ3) is 1.62. The summed E-state index contributed by atoms with van der Waals surface area (Å²) in [7, 11) is 0. The summed E-state index contributed by atoms with van der Waals surface area (Å²) in [6.45, 7) is 7.17. The van der Waals surface area contributed by atoms with Crippen LogP contribution in [0.4, 0.5) is 0 Å². The van der Waals surface area contributed by atoms with Gasteiger partial charge in [-0.05, 0) is 51.1 Å². The quantitative estimate of drug-likeness (QED) is 0.703. The average Bonchev–Trinajstić information content (AvgIpc) is 2.76. The average molecular weight is 182 g/mol. The van der Waals surface area contributed by atoms with Crippen LogP contribution < -0.4 is 5.73 Å². The van der Waals surface area contributed by atoms with Crippen molar-refractivity contribution in [2.45, 2.75) is 51.6 Å². The van der Waals surface area contributed by atoms with Crippen molar-refractivity contribution in [3.05, 3.63) is 0 Å². The molecule has 1 saturated heterocycles. The lowest BCUT2D eigenvalue weighted by molar-refractivity contribution is 0.126. The highest BCUT2D eigenvalue weighted by Gasteiger charge is 2.52. The first kappa shape index (κ1) is 9.47. The molecule has 2 aliphatic rings. The zero-order valence-corrected chi connectivity index (χ0v) is 8.92. The normalized spacial score (nSPS) is 34.8. The predicted molar refractivity (Wildman–Crippen MR) is 55.6 cm³/mol. The van der Waals surface area contributed by atoms with Gasteiger partial charge in [0.25, 0.3) is 0 Å². The summed E-state index contributed by atoms with van der Waals surface area (Å²) in [4.78, 5) is 2.62. The number of rotatable bonds is 2. The van der Waals surface area contributed by atoms with Crippen LogP contribution in [-0.4, -0.2) is 30.1 Å². The van der Waals surface area contributed by atoms with Crippen LogP contribution in [0, 0.1) is 5.41 Å². The summed E-state index contributed by atoms with van der Waals surface area (Å²) in [6, 6.07) is 1.30. The summed E-state index contributed by atoms with van der Waals surface area (Å²) >= 11 is 0. The maximum Gasteiger partial charge on any atom is 0.0103 e. The summed E-state index contributed by atoms with van der Waals surface area (Å²) in [5.74, 6) is 0. The van der Waals surface area contributed by atoms with Crippen LogP contribution in [-0.2, 0) is 0 Å². The Hall–Kier alpha value is -0.0800. The fourth-order valence-electron chi connectivity index (χ4n) is 2.62. The van der Waals surface area contributed by atoms with Crippen molar-refractivity contribution in [3.8, 4) is 0 Å². The monoisotopic (exact) mass is 182 g/mol. The highest BCUT2D eigenvalue weighted by molar-refractivity contribution is 5.08. The van der Waals surface area contributed by atoms with Gasteiger partial charge in [-0.25, -0.2) is 0 Å². The van der Waals surface area contributed by atoms with Gasteiger partial charge in [-0.3, -0.25) is 0 Å². The summed E-state index contributed by atoms with van der Waals surface area (Å²) < 4.78 is 0. The molecule has 0 aromatic rings. The molecule has 1 saturated carbocycles. The predicted octanol–water partition coefficient (Wildman–Crippen LogP) is 1.60. The van der Waals surface area contributed by atoms with Crippen molar-refractivity contribution in [2.75, 3.05) is 13.1 Å². The van der Waals surface area contributed by atoms with Crippen LogP contribution in [0.25, 0.3) is 0 Å². The van der Waals surface area contributed by atoms with Gasteiger partial charge in [-0.2, -0.15) is 0 Å². The zero-order chi connectivity index (χ0) is 9.47. The number of hydrogen-bond acceptors (Lipinski definition) is 2. The Balaban J connectivity index is 1.83. The Bertz CT molecular complexity index is 183. The van der Waals surface area contributed by atoms with E-state index in [1.165, 1.54) is 38.8 Å². The molecule has 2 atom stereocenters. The maximum atomic E-state index is 5.97. The van der Waals surface area contributed by atoms with Gasteiger partial charge in [0, 0.05) is 12.1 Å². The van der Waals surface area contributed by atoms with Gasteiger partial charge in [-0.15, -0.1) is 0 Å². The molecule has 1 unspecified atom stereocenters. The van der Waals surface area contributed by atoms with Crippen molar-refractivity contribution in [2.24, 2.45) is 11.1 Å². The lowest BCUT2D eigenvalue weighted by atomic mass is 9.92. The second kappa shape index (κ2) is 3.25. The Morgan fingerprint density at radius 3 is 2.38 bits per heavy atom. The maximum absolute atomic E-state index is 5.97. The van der Waals surface area contributed by atoms with Crippen molar-refractivity contribution in [1.29, 1.82) is 0 Å². The highest BCUT2D eigenvalue weighted by atomic mass is 15.2. The molecule has 2 fully saturated rings. The second-order valence-corrected chi connectivity index (χ2v) is 4.97. The molecular formula is C11H22N2. The summed E-state index contributed by atoms with van der Waals surface area (Å²) in [5, 5.41) is 0. The van der Waals surface area contributed by atoms with E-state index in [0.29, 0.717) is 11.5 Å². The lowest BCUT2D eigenvalue weighted by Crippen LogP contribution is -2.41. The van der Waals surface area contributed by atoms with E-state index in [-0.39, 0.29) is 0 Å². The van der Waals surface area contributed by atoms with Gasteiger partial charge in [0.1, 0.15) is 0 Å². The fourth-order valence-corrected chi connectivity index (χ4v) is 2.62. The van der Waals surface area contributed by atoms with Gasteiger partial charge >= 0.3 is 0 Å². The SMILES string of the molecule is CCC(C)N1CCC2(CC1)C[C@@H]2N. The van der Waals surface area contributed by atoms with Gasteiger partial charge < -0.3 is 10.6 Å². The largest absolute Gasteiger partial charge is 0.327 e. The van der Waals surface area contributed by atoms with Crippen molar-refractivity contribution >= 4 is 0 Å². The molecule has 1 aliphatic carbocycles. The van der Waals surface area contributed by atoms with Crippen molar-refractivity contribution < 1.29 is 0 Å². The van der Waals surface area contributed by atoms with Crippen LogP contribution in [0.15, 0.2) is 0 Å². The molecule has 13 heavy (non-hydrogen) atoms. The molecule has 2 nitrogen and oxygen atoms in total. The zero-order valence-electron chi connectivity index (χ0n) is 8.92. The lowest BCUT2D eigenvalue weighted by Gasteiger charge is -2.36. The van der Waals surface area contributed by atoms with E-state index >= 15 is 0 Å². The van der Waals surface area contributed by atoms with Crippen LogP contribution in [0.3, 0.4) is 0 Å². The van der Waals surface area contributed by atoms with Gasteiger partial charge in [-0.1, -0.05) is 6.92 Å². The Kier molecular flexibility index (Phi) is 2.37. The summed E-state index contributed by atoms with van der Waals surface area (Å²) in [6.07, 6.45) is 5.26. The Labute approximate surface area is 81.5 Å². The molecule has 0 aromatic heterocycles. The van der Waals surface area contributed by atoms with E-state index in [1.54, 1.807) is 0 Å². The molecule has 0 amide bonds. The molecule has 1 aliphatic heterocycles. The molecule has 2 rings (SSSR count). The molecule has 1 spiro atoms. The standard InChI is InChI=1S/C11H22N2/c1-3-9(2)13-6-4-11(5-7-13)8-10(11)12/h9-10H,3-8,12H2,1-2H3/t9?,10-/m0/s1. The first-order chi connectivity index (χ1) is 6.18. The third-order valence-electron chi connectivity index (χ3n) is 4.26. The van der Waals surface area contributed by atoms with E-state index in [9.17, 15) is 0 Å². The molecule has 0 bridgehead atoms. The molecule has 2 heteroatoms. The number of likely N-dealkylation sites (tertiary alicyclic amines) is 1. The number of nitrogens with zero attached hydrogens (tertiary/aromatic N) is 1.